The molecule has 1 aromatic rings. The van der Waals surface area contributed by atoms with Crippen LogP contribution in [-0.2, 0) is 4.74 Å². The fourth-order valence-electron chi connectivity index (χ4n) is 1.26. The van der Waals surface area contributed by atoms with Crippen LogP contribution in [0.4, 0.5) is 10.1 Å². The Labute approximate surface area is 105 Å². The van der Waals surface area contributed by atoms with Crippen LogP contribution in [0.2, 0.25) is 10.0 Å². The SMILES string of the molecule is CCOCC(C)Nc1c(Cl)cc(F)cc1Cl. The van der Waals surface area contributed by atoms with Crippen LogP contribution in [0.5, 0.6) is 0 Å². The van der Waals surface area contributed by atoms with Gasteiger partial charge < -0.3 is 10.1 Å². The van der Waals surface area contributed by atoms with Crippen LogP contribution in [0.15, 0.2) is 12.1 Å². The molecule has 5 heteroatoms. The van der Waals surface area contributed by atoms with E-state index < -0.39 is 5.82 Å². The van der Waals surface area contributed by atoms with E-state index in [4.69, 9.17) is 27.9 Å². The number of halogens is 3. The number of ether oxygens (including phenoxy) is 1. The molecule has 0 saturated carbocycles. The van der Waals surface area contributed by atoms with Gasteiger partial charge >= 0.3 is 0 Å². The molecule has 0 amide bonds. The van der Waals surface area contributed by atoms with Crippen LogP contribution in [0.3, 0.4) is 0 Å². The molecule has 1 aromatic carbocycles. The first kappa shape index (κ1) is 13.6. The maximum Gasteiger partial charge on any atom is 0.126 e. The van der Waals surface area contributed by atoms with Crippen LogP contribution >= 0.6 is 23.2 Å². The average molecular weight is 266 g/mol. The van der Waals surface area contributed by atoms with Gasteiger partial charge in [-0.05, 0) is 26.0 Å². The zero-order valence-electron chi connectivity index (χ0n) is 9.19. The fraction of sp³-hybridized carbons (Fsp3) is 0.455. The first-order chi connectivity index (χ1) is 7.54. The zero-order chi connectivity index (χ0) is 12.1. The second-order valence-corrected chi connectivity index (χ2v) is 4.26. The lowest BCUT2D eigenvalue weighted by Gasteiger charge is -2.17. The Morgan fingerprint density at radius 3 is 2.44 bits per heavy atom. The number of hydrogen-bond acceptors (Lipinski definition) is 2. The summed E-state index contributed by atoms with van der Waals surface area (Å²) in [6, 6.07) is 2.51. The van der Waals surface area contributed by atoms with E-state index in [2.05, 4.69) is 5.32 Å². The normalized spacial score (nSPS) is 12.6. The molecular weight excluding hydrogens is 252 g/mol. The van der Waals surface area contributed by atoms with Gasteiger partial charge in [0.25, 0.3) is 0 Å². The first-order valence-corrected chi connectivity index (χ1v) is 5.79. The summed E-state index contributed by atoms with van der Waals surface area (Å²) in [5, 5.41) is 3.63. The summed E-state index contributed by atoms with van der Waals surface area (Å²) in [4.78, 5) is 0. The number of nitrogens with one attached hydrogen (secondary N) is 1. The lowest BCUT2D eigenvalue weighted by molar-refractivity contribution is 0.141. The number of rotatable bonds is 5. The molecule has 0 heterocycles. The number of hydrogen-bond donors (Lipinski definition) is 1. The minimum atomic E-state index is -0.446. The predicted octanol–water partition coefficient (Wildman–Crippen LogP) is 3.97. The summed E-state index contributed by atoms with van der Waals surface area (Å²) in [6.45, 7) is 5.05. The van der Waals surface area contributed by atoms with Crippen LogP contribution in [0.25, 0.3) is 0 Å². The van der Waals surface area contributed by atoms with E-state index in [1.165, 1.54) is 12.1 Å². The van der Waals surface area contributed by atoms with Crippen LogP contribution < -0.4 is 5.32 Å². The highest BCUT2D eigenvalue weighted by Gasteiger charge is 2.11. The second-order valence-electron chi connectivity index (χ2n) is 3.45. The molecule has 0 fully saturated rings. The molecule has 90 valence electrons. The van der Waals surface area contributed by atoms with E-state index in [0.29, 0.717) is 18.9 Å². The van der Waals surface area contributed by atoms with Crippen LogP contribution in [-0.4, -0.2) is 19.3 Å². The molecule has 0 aliphatic carbocycles. The van der Waals surface area contributed by atoms with Gasteiger partial charge in [-0.2, -0.15) is 0 Å². The van der Waals surface area contributed by atoms with Gasteiger partial charge in [-0.3, -0.25) is 0 Å². The molecule has 0 aromatic heterocycles. The third-order valence-corrected chi connectivity index (χ3v) is 2.57. The quantitative estimate of drug-likeness (QED) is 0.870. The fourth-order valence-corrected chi connectivity index (χ4v) is 1.83. The molecule has 1 atom stereocenters. The summed E-state index contributed by atoms with van der Waals surface area (Å²) < 4.78 is 18.2. The molecule has 0 aliphatic rings. The van der Waals surface area contributed by atoms with E-state index in [9.17, 15) is 4.39 Å². The molecular formula is C11H14Cl2FNO. The average Bonchev–Trinajstić information content (AvgIpc) is 2.20. The zero-order valence-corrected chi connectivity index (χ0v) is 10.7. The molecule has 0 aliphatic heterocycles. The van der Waals surface area contributed by atoms with Crippen molar-refractivity contribution in [3.8, 4) is 0 Å². The predicted molar refractivity (Wildman–Crippen MR) is 66.0 cm³/mol. The maximum atomic E-state index is 12.9. The van der Waals surface area contributed by atoms with Gasteiger partial charge in [0.2, 0.25) is 0 Å². The van der Waals surface area contributed by atoms with Crippen molar-refractivity contribution in [3.63, 3.8) is 0 Å². The van der Waals surface area contributed by atoms with E-state index >= 15 is 0 Å². The summed E-state index contributed by atoms with van der Waals surface area (Å²) in [5.41, 5.74) is 0.539. The summed E-state index contributed by atoms with van der Waals surface area (Å²) in [5.74, 6) is -0.446. The monoisotopic (exact) mass is 265 g/mol. The van der Waals surface area contributed by atoms with Gasteiger partial charge in [0.05, 0.1) is 22.3 Å². The van der Waals surface area contributed by atoms with Crippen molar-refractivity contribution in [2.45, 2.75) is 19.9 Å². The van der Waals surface area contributed by atoms with E-state index in [1.807, 2.05) is 13.8 Å². The van der Waals surface area contributed by atoms with Gasteiger partial charge in [-0.15, -0.1) is 0 Å². The number of benzene rings is 1. The Balaban J connectivity index is 2.73. The van der Waals surface area contributed by atoms with E-state index in [0.717, 1.165) is 0 Å². The van der Waals surface area contributed by atoms with Crippen LogP contribution in [0.1, 0.15) is 13.8 Å². The minimum Gasteiger partial charge on any atom is -0.380 e. The Morgan fingerprint density at radius 2 is 1.94 bits per heavy atom. The van der Waals surface area contributed by atoms with Gasteiger partial charge in [0, 0.05) is 12.6 Å². The minimum absolute atomic E-state index is 0.0559. The molecule has 2 nitrogen and oxygen atoms in total. The topological polar surface area (TPSA) is 21.3 Å². The second kappa shape index (κ2) is 6.28. The molecule has 16 heavy (non-hydrogen) atoms. The Morgan fingerprint density at radius 1 is 1.38 bits per heavy atom. The molecule has 0 bridgehead atoms. The Kier molecular flexibility index (Phi) is 5.32. The highest BCUT2D eigenvalue weighted by Crippen LogP contribution is 2.31. The summed E-state index contributed by atoms with van der Waals surface area (Å²) >= 11 is 11.8. The van der Waals surface area contributed by atoms with Gasteiger partial charge in [0.1, 0.15) is 5.82 Å². The Bertz CT molecular complexity index is 337. The van der Waals surface area contributed by atoms with Crippen molar-refractivity contribution in [2.24, 2.45) is 0 Å². The highest BCUT2D eigenvalue weighted by molar-refractivity contribution is 6.39. The highest BCUT2D eigenvalue weighted by atomic mass is 35.5. The Hall–Kier alpha value is -0.510. The van der Waals surface area contributed by atoms with Crippen molar-refractivity contribution in [2.75, 3.05) is 18.5 Å². The van der Waals surface area contributed by atoms with Crippen molar-refractivity contribution < 1.29 is 9.13 Å². The van der Waals surface area contributed by atoms with E-state index in [1.54, 1.807) is 0 Å². The standard InChI is InChI=1S/C11H14Cl2FNO/c1-3-16-6-7(2)15-11-9(12)4-8(14)5-10(11)13/h4-5,7,15H,3,6H2,1-2H3. The molecule has 1 rings (SSSR count). The lowest BCUT2D eigenvalue weighted by atomic mass is 10.2. The van der Waals surface area contributed by atoms with Crippen LogP contribution in [0, 0.1) is 5.82 Å². The maximum absolute atomic E-state index is 12.9. The van der Waals surface area contributed by atoms with Crippen molar-refractivity contribution >= 4 is 28.9 Å². The largest absolute Gasteiger partial charge is 0.380 e. The molecule has 1 unspecified atom stereocenters. The van der Waals surface area contributed by atoms with Gasteiger partial charge in [-0.1, -0.05) is 23.2 Å². The molecule has 0 spiro atoms. The van der Waals surface area contributed by atoms with Gasteiger partial charge in [-0.25, -0.2) is 4.39 Å². The number of anilines is 1. The third kappa shape index (κ3) is 3.81. The summed E-state index contributed by atoms with van der Waals surface area (Å²) in [6.07, 6.45) is 0. The van der Waals surface area contributed by atoms with Gasteiger partial charge in [0.15, 0.2) is 0 Å². The summed E-state index contributed by atoms with van der Waals surface area (Å²) in [7, 11) is 0. The smallest absolute Gasteiger partial charge is 0.126 e. The molecule has 0 saturated heterocycles. The van der Waals surface area contributed by atoms with Crippen molar-refractivity contribution in [3.05, 3.63) is 28.0 Å². The lowest BCUT2D eigenvalue weighted by Crippen LogP contribution is -2.22. The third-order valence-electron chi connectivity index (χ3n) is 1.97. The van der Waals surface area contributed by atoms with Crippen molar-refractivity contribution in [1.82, 2.24) is 0 Å². The van der Waals surface area contributed by atoms with Crippen molar-refractivity contribution in [1.29, 1.82) is 0 Å². The van der Waals surface area contributed by atoms with E-state index in [-0.39, 0.29) is 16.1 Å². The molecule has 0 radical (unpaired) electrons. The first-order valence-electron chi connectivity index (χ1n) is 5.03. The molecule has 1 N–H and O–H groups in total.